The van der Waals surface area contributed by atoms with E-state index in [1.165, 1.54) is 11.1 Å². The van der Waals surface area contributed by atoms with E-state index in [4.69, 9.17) is 0 Å². The normalized spacial score (nSPS) is 11.1. The first-order valence-electron chi connectivity index (χ1n) is 9.35. The van der Waals surface area contributed by atoms with Crippen molar-refractivity contribution < 1.29 is 10.2 Å². The van der Waals surface area contributed by atoms with Gasteiger partial charge >= 0.3 is 0 Å². The molecule has 0 heterocycles. The summed E-state index contributed by atoms with van der Waals surface area (Å²) in [5, 5.41) is 20.7. The second-order valence-corrected chi connectivity index (χ2v) is 7.68. The van der Waals surface area contributed by atoms with Crippen LogP contribution in [-0.2, 0) is 0 Å². The fourth-order valence-electron chi connectivity index (χ4n) is 3.93. The van der Waals surface area contributed by atoms with Crippen LogP contribution in [0.2, 0.25) is 0 Å². The van der Waals surface area contributed by atoms with Gasteiger partial charge in [0, 0.05) is 0 Å². The molecule has 0 amide bonds. The summed E-state index contributed by atoms with van der Waals surface area (Å²) in [6.45, 7) is 14.1. The number of phenolic OH excluding ortho intramolecular Hbond substituents is 2. The molecule has 0 fully saturated rings. The highest BCUT2D eigenvalue weighted by molar-refractivity contribution is 5.90. The van der Waals surface area contributed by atoms with E-state index in [9.17, 15) is 10.2 Å². The highest BCUT2D eigenvalue weighted by Crippen LogP contribution is 2.43. The summed E-state index contributed by atoms with van der Waals surface area (Å²) < 4.78 is 0. The first-order chi connectivity index (χ1) is 12.6. The van der Waals surface area contributed by atoms with E-state index in [2.05, 4.69) is 51.1 Å². The third-order valence-electron chi connectivity index (χ3n) is 5.94. The molecule has 0 saturated carbocycles. The van der Waals surface area contributed by atoms with Gasteiger partial charge in [0.1, 0.15) is 11.5 Å². The predicted octanol–water partition coefficient (Wildman–Crippen LogP) is 6.59. The van der Waals surface area contributed by atoms with Crippen LogP contribution in [-0.4, -0.2) is 10.2 Å². The van der Waals surface area contributed by atoms with Crippen LogP contribution < -0.4 is 0 Å². The molecule has 0 atom stereocenters. The smallest absolute Gasteiger partial charge is 0.121 e. The summed E-state index contributed by atoms with van der Waals surface area (Å²) in [5.74, 6) is 0.747. The van der Waals surface area contributed by atoms with Crippen LogP contribution in [0.5, 0.6) is 11.5 Å². The average molecular weight is 360 g/mol. The van der Waals surface area contributed by atoms with Crippen molar-refractivity contribution in [2.45, 2.75) is 48.5 Å². The molecule has 2 N–H and O–H groups in total. The predicted molar refractivity (Wildman–Crippen MR) is 114 cm³/mol. The zero-order valence-corrected chi connectivity index (χ0v) is 17.3. The van der Waals surface area contributed by atoms with Gasteiger partial charge in [-0.2, -0.15) is 0 Å². The van der Waals surface area contributed by atoms with Crippen LogP contribution in [0, 0.1) is 48.5 Å². The van der Waals surface area contributed by atoms with E-state index in [1.54, 1.807) is 0 Å². The molecule has 0 aliphatic rings. The molecule has 140 valence electrons. The highest BCUT2D eigenvalue weighted by Gasteiger charge is 2.19. The van der Waals surface area contributed by atoms with Gasteiger partial charge in [0.15, 0.2) is 0 Å². The number of aromatic hydroxyl groups is 2. The van der Waals surface area contributed by atoms with E-state index in [0.717, 1.165) is 50.1 Å². The fraction of sp³-hybridized carbons (Fsp3) is 0.280. The van der Waals surface area contributed by atoms with Gasteiger partial charge in [0.25, 0.3) is 0 Å². The second-order valence-electron chi connectivity index (χ2n) is 7.68. The van der Waals surface area contributed by atoms with Gasteiger partial charge in [-0.05, 0) is 122 Å². The Hall–Kier alpha value is -2.74. The van der Waals surface area contributed by atoms with Crippen LogP contribution in [0.1, 0.15) is 38.9 Å². The van der Waals surface area contributed by atoms with Crippen LogP contribution in [0.25, 0.3) is 22.3 Å². The van der Waals surface area contributed by atoms with E-state index >= 15 is 0 Å². The Balaban J connectivity index is 2.41. The molecule has 2 heteroatoms. The molecule has 0 aliphatic carbocycles. The molecule has 0 spiro atoms. The van der Waals surface area contributed by atoms with E-state index in [0.29, 0.717) is 11.5 Å². The van der Waals surface area contributed by atoms with Crippen molar-refractivity contribution in [3.8, 4) is 33.8 Å². The summed E-state index contributed by atoms with van der Waals surface area (Å²) in [6, 6.07) is 10.5. The molecule has 0 unspecified atom stereocenters. The fourth-order valence-corrected chi connectivity index (χ4v) is 3.93. The van der Waals surface area contributed by atoms with Gasteiger partial charge in [-0.15, -0.1) is 0 Å². The molecule has 0 aromatic heterocycles. The summed E-state index contributed by atoms with van der Waals surface area (Å²) in [7, 11) is 0. The van der Waals surface area contributed by atoms with Crippen molar-refractivity contribution in [3.05, 3.63) is 69.3 Å². The number of aryl methyl sites for hydroxylation is 3. The third kappa shape index (κ3) is 2.99. The molecule has 0 bridgehead atoms. The number of rotatable bonds is 2. The molecule has 2 nitrogen and oxygen atoms in total. The van der Waals surface area contributed by atoms with Crippen molar-refractivity contribution in [2.75, 3.05) is 0 Å². The maximum atomic E-state index is 10.3. The van der Waals surface area contributed by atoms with Gasteiger partial charge in [-0.3, -0.25) is 0 Å². The molecule has 3 aromatic carbocycles. The Morgan fingerprint density at radius 2 is 1.00 bits per heavy atom. The zero-order valence-electron chi connectivity index (χ0n) is 17.3. The second kappa shape index (κ2) is 6.77. The monoisotopic (exact) mass is 360 g/mol. The zero-order chi connectivity index (χ0) is 20.0. The maximum absolute atomic E-state index is 10.3. The Morgan fingerprint density at radius 3 is 1.56 bits per heavy atom. The van der Waals surface area contributed by atoms with Crippen molar-refractivity contribution in [1.82, 2.24) is 0 Å². The van der Waals surface area contributed by atoms with Gasteiger partial charge in [0.2, 0.25) is 0 Å². The first-order valence-corrected chi connectivity index (χ1v) is 9.35. The minimum Gasteiger partial charge on any atom is -0.507 e. The van der Waals surface area contributed by atoms with Crippen LogP contribution in [0.15, 0.2) is 30.3 Å². The SMILES string of the molecule is Cc1cc(-c2cccc(C)c2-c2cc(C)c(O)c(C)c2C)c(C)c(C)c1O. The number of hydrogen-bond acceptors (Lipinski definition) is 2. The lowest BCUT2D eigenvalue weighted by Gasteiger charge is -2.21. The summed E-state index contributed by atoms with van der Waals surface area (Å²) in [5.41, 5.74) is 11.6. The average Bonchev–Trinajstić information content (AvgIpc) is 2.64. The molecule has 3 rings (SSSR count). The molecule has 27 heavy (non-hydrogen) atoms. The minimum absolute atomic E-state index is 0.373. The molecule has 3 aromatic rings. The topological polar surface area (TPSA) is 40.5 Å². The maximum Gasteiger partial charge on any atom is 0.121 e. The van der Waals surface area contributed by atoms with Gasteiger partial charge in [-0.1, -0.05) is 18.2 Å². The minimum atomic E-state index is 0.373. The quantitative estimate of drug-likeness (QED) is 0.541. The summed E-state index contributed by atoms with van der Waals surface area (Å²) >= 11 is 0. The Morgan fingerprint density at radius 1 is 0.519 bits per heavy atom. The molecule has 0 aliphatic heterocycles. The lowest BCUT2D eigenvalue weighted by molar-refractivity contribution is 0.466. The number of hydrogen-bond donors (Lipinski definition) is 2. The van der Waals surface area contributed by atoms with Crippen molar-refractivity contribution >= 4 is 0 Å². The summed E-state index contributed by atoms with van der Waals surface area (Å²) in [4.78, 5) is 0. The number of phenols is 2. The van der Waals surface area contributed by atoms with E-state index in [1.807, 2.05) is 27.7 Å². The van der Waals surface area contributed by atoms with Gasteiger partial charge in [-0.25, -0.2) is 0 Å². The van der Waals surface area contributed by atoms with Crippen molar-refractivity contribution in [2.24, 2.45) is 0 Å². The number of benzene rings is 3. The van der Waals surface area contributed by atoms with E-state index in [-0.39, 0.29) is 0 Å². The van der Waals surface area contributed by atoms with E-state index < -0.39 is 0 Å². The molecular weight excluding hydrogens is 332 g/mol. The molecule has 0 radical (unpaired) electrons. The first kappa shape index (κ1) is 19.0. The van der Waals surface area contributed by atoms with Crippen LogP contribution >= 0.6 is 0 Å². The standard InChI is InChI=1S/C25H28O2/c1-13-9-8-10-20(21-11-14(2)24(26)18(6)16(21)4)23(13)22-12-15(3)25(27)19(7)17(22)5/h8-12,26-27H,1-7H3. The largest absolute Gasteiger partial charge is 0.507 e. The third-order valence-corrected chi connectivity index (χ3v) is 5.94. The molecule has 0 saturated heterocycles. The Bertz CT molecular complexity index is 1060. The van der Waals surface area contributed by atoms with Crippen LogP contribution in [0.4, 0.5) is 0 Å². The lowest BCUT2D eigenvalue weighted by Crippen LogP contribution is -1.98. The van der Waals surface area contributed by atoms with Crippen LogP contribution in [0.3, 0.4) is 0 Å². The highest BCUT2D eigenvalue weighted by atomic mass is 16.3. The van der Waals surface area contributed by atoms with Crippen molar-refractivity contribution in [1.29, 1.82) is 0 Å². The van der Waals surface area contributed by atoms with Gasteiger partial charge < -0.3 is 10.2 Å². The Labute approximate surface area is 162 Å². The summed E-state index contributed by atoms with van der Waals surface area (Å²) in [6.07, 6.45) is 0. The molecular formula is C25H28O2. The van der Waals surface area contributed by atoms with Crippen molar-refractivity contribution in [3.63, 3.8) is 0 Å². The van der Waals surface area contributed by atoms with Gasteiger partial charge in [0.05, 0.1) is 0 Å². The lowest BCUT2D eigenvalue weighted by atomic mass is 9.84. The Kier molecular flexibility index (Phi) is 4.77.